The molecule has 1 fully saturated rings. The highest BCUT2D eigenvalue weighted by molar-refractivity contribution is 5.59. The predicted octanol–water partition coefficient (Wildman–Crippen LogP) is 2.57. The summed E-state index contributed by atoms with van der Waals surface area (Å²) in [6.45, 7) is 3.03. The second kappa shape index (κ2) is 7.11. The summed E-state index contributed by atoms with van der Waals surface area (Å²) in [5, 5.41) is 15.1. The van der Waals surface area contributed by atoms with E-state index in [1.54, 1.807) is 6.20 Å². The SMILES string of the molecule is Cn1cc(N2CCCC(NCc3cccc(-c4ccn[nH]4)c3)C2)cn1. The second-order valence-electron chi connectivity index (χ2n) is 6.71. The molecule has 1 aliphatic heterocycles. The van der Waals surface area contributed by atoms with E-state index in [1.165, 1.54) is 29.7 Å². The van der Waals surface area contributed by atoms with E-state index in [0.29, 0.717) is 6.04 Å². The molecule has 2 aromatic heterocycles. The minimum atomic E-state index is 0.504. The Kier molecular flexibility index (Phi) is 4.52. The topological polar surface area (TPSA) is 61.8 Å². The maximum absolute atomic E-state index is 4.29. The Morgan fingerprint density at radius 2 is 2.28 bits per heavy atom. The van der Waals surface area contributed by atoms with Gasteiger partial charge in [-0.1, -0.05) is 18.2 Å². The number of piperidine rings is 1. The van der Waals surface area contributed by atoms with Crippen molar-refractivity contribution in [2.24, 2.45) is 7.05 Å². The summed E-state index contributed by atoms with van der Waals surface area (Å²) in [6.07, 6.45) is 8.26. The quantitative estimate of drug-likeness (QED) is 0.752. The van der Waals surface area contributed by atoms with Gasteiger partial charge in [0.2, 0.25) is 0 Å². The third kappa shape index (κ3) is 3.74. The van der Waals surface area contributed by atoms with Crippen molar-refractivity contribution in [1.82, 2.24) is 25.3 Å². The zero-order chi connectivity index (χ0) is 17.1. The van der Waals surface area contributed by atoms with Gasteiger partial charge in [-0.15, -0.1) is 0 Å². The number of benzene rings is 1. The molecule has 1 aliphatic rings. The summed E-state index contributed by atoms with van der Waals surface area (Å²) < 4.78 is 1.87. The fraction of sp³-hybridized carbons (Fsp3) is 0.368. The Morgan fingerprint density at radius 3 is 3.08 bits per heavy atom. The van der Waals surface area contributed by atoms with E-state index in [9.17, 15) is 0 Å². The highest BCUT2D eigenvalue weighted by Crippen LogP contribution is 2.20. The number of anilines is 1. The first kappa shape index (κ1) is 15.9. The van der Waals surface area contributed by atoms with Crippen molar-refractivity contribution in [1.29, 1.82) is 0 Å². The molecule has 0 bridgehead atoms. The maximum atomic E-state index is 4.29. The molecule has 130 valence electrons. The van der Waals surface area contributed by atoms with Gasteiger partial charge in [-0.3, -0.25) is 9.78 Å². The van der Waals surface area contributed by atoms with Crippen molar-refractivity contribution in [3.8, 4) is 11.3 Å². The smallest absolute Gasteiger partial charge is 0.0752 e. The molecule has 1 atom stereocenters. The van der Waals surface area contributed by atoms with Gasteiger partial charge in [-0.05, 0) is 36.1 Å². The van der Waals surface area contributed by atoms with Gasteiger partial charge in [-0.25, -0.2) is 0 Å². The molecule has 1 saturated heterocycles. The minimum Gasteiger partial charge on any atom is -0.367 e. The molecule has 25 heavy (non-hydrogen) atoms. The van der Waals surface area contributed by atoms with Crippen LogP contribution < -0.4 is 10.2 Å². The monoisotopic (exact) mass is 336 g/mol. The van der Waals surface area contributed by atoms with Crippen molar-refractivity contribution in [3.05, 3.63) is 54.5 Å². The molecule has 0 aliphatic carbocycles. The molecular formula is C19H24N6. The molecule has 3 heterocycles. The molecule has 3 aromatic rings. The van der Waals surface area contributed by atoms with Crippen LogP contribution in [-0.4, -0.2) is 39.1 Å². The number of rotatable bonds is 5. The number of hydrogen-bond donors (Lipinski definition) is 2. The Hall–Kier alpha value is -2.60. The Labute approximate surface area is 147 Å². The summed E-state index contributed by atoms with van der Waals surface area (Å²) in [5.74, 6) is 0. The van der Waals surface area contributed by atoms with Crippen molar-refractivity contribution < 1.29 is 0 Å². The van der Waals surface area contributed by atoms with Crippen molar-refractivity contribution >= 4 is 5.69 Å². The molecule has 4 rings (SSSR count). The van der Waals surface area contributed by atoms with E-state index in [-0.39, 0.29) is 0 Å². The van der Waals surface area contributed by atoms with Gasteiger partial charge in [-0.2, -0.15) is 10.2 Å². The lowest BCUT2D eigenvalue weighted by Crippen LogP contribution is -2.45. The average Bonchev–Trinajstić information content (AvgIpc) is 3.32. The van der Waals surface area contributed by atoms with Crippen LogP contribution in [0.1, 0.15) is 18.4 Å². The molecule has 0 spiro atoms. The summed E-state index contributed by atoms with van der Waals surface area (Å²) >= 11 is 0. The molecule has 0 radical (unpaired) electrons. The van der Waals surface area contributed by atoms with Gasteiger partial charge < -0.3 is 10.2 Å². The number of H-pyrrole nitrogens is 1. The lowest BCUT2D eigenvalue weighted by Gasteiger charge is -2.34. The Balaban J connectivity index is 1.37. The molecule has 6 nitrogen and oxygen atoms in total. The molecule has 2 N–H and O–H groups in total. The van der Waals surface area contributed by atoms with Crippen LogP contribution in [0.3, 0.4) is 0 Å². The third-order valence-corrected chi connectivity index (χ3v) is 4.81. The number of aromatic nitrogens is 4. The lowest BCUT2D eigenvalue weighted by molar-refractivity contribution is 0.421. The van der Waals surface area contributed by atoms with Gasteiger partial charge in [0, 0.05) is 45.1 Å². The minimum absolute atomic E-state index is 0.504. The Bertz CT molecular complexity index is 807. The van der Waals surface area contributed by atoms with E-state index in [1.807, 2.05) is 24.0 Å². The summed E-state index contributed by atoms with van der Waals surface area (Å²) in [5.41, 5.74) is 4.75. The first-order chi connectivity index (χ1) is 12.3. The van der Waals surface area contributed by atoms with Crippen molar-refractivity contribution in [2.75, 3.05) is 18.0 Å². The van der Waals surface area contributed by atoms with Crippen LogP contribution in [0.15, 0.2) is 48.9 Å². The fourth-order valence-electron chi connectivity index (χ4n) is 3.48. The number of nitrogens with one attached hydrogen (secondary N) is 2. The van der Waals surface area contributed by atoms with E-state index >= 15 is 0 Å². The van der Waals surface area contributed by atoms with Gasteiger partial charge in [0.1, 0.15) is 0 Å². The first-order valence-electron chi connectivity index (χ1n) is 8.83. The van der Waals surface area contributed by atoms with Gasteiger partial charge >= 0.3 is 0 Å². The van der Waals surface area contributed by atoms with Crippen LogP contribution in [0.25, 0.3) is 11.3 Å². The fourth-order valence-corrected chi connectivity index (χ4v) is 3.48. The summed E-state index contributed by atoms with van der Waals surface area (Å²) in [6, 6.07) is 11.1. The molecule has 0 amide bonds. The van der Waals surface area contributed by atoms with E-state index in [4.69, 9.17) is 0 Å². The van der Waals surface area contributed by atoms with Gasteiger partial charge in [0.05, 0.1) is 17.6 Å². The highest BCUT2D eigenvalue weighted by Gasteiger charge is 2.20. The van der Waals surface area contributed by atoms with E-state index in [0.717, 1.165) is 25.3 Å². The molecule has 6 heteroatoms. The van der Waals surface area contributed by atoms with Gasteiger partial charge in [0.25, 0.3) is 0 Å². The summed E-state index contributed by atoms with van der Waals surface area (Å²) in [7, 11) is 1.97. The van der Waals surface area contributed by atoms with Gasteiger partial charge in [0.15, 0.2) is 0 Å². The van der Waals surface area contributed by atoms with Crippen LogP contribution in [0.2, 0.25) is 0 Å². The van der Waals surface area contributed by atoms with Crippen molar-refractivity contribution in [3.63, 3.8) is 0 Å². The highest BCUT2D eigenvalue weighted by atomic mass is 15.3. The molecule has 1 unspecified atom stereocenters. The number of aromatic amines is 1. The Morgan fingerprint density at radius 1 is 1.32 bits per heavy atom. The predicted molar refractivity (Wildman–Crippen MR) is 99.3 cm³/mol. The molecule has 0 saturated carbocycles. The number of nitrogens with zero attached hydrogens (tertiary/aromatic N) is 4. The second-order valence-corrected chi connectivity index (χ2v) is 6.71. The van der Waals surface area contributed by atoms with E-state index in [2.05, 4.69) is 56.0 Å². The van der Waals surface area contributed by atoms with Crippen LogP contribution in [-0.2, 0) is 13.6 Å². The van der Waals surface area contributed by atoms with Crippen molar-refractivity contribution in [2.45, 2.75) is 25.4 Å². The zero-order valence-electron chi connectivity index (χ0n) is 14.5. The van der Waals surface area contributed by atoms with Crippen LogP contribution in [0.4, 0.5) is 5.69 Å². The van der Waals surface area contributed by atoms with E-state index < -0.39 is 0 Å². The van der Waals surface area contributed by atoms with Crippen LogP contribution >= 0.6 is 0 Å². The molecule has 1 aromatic carbocycles. The largest absolute Gasteiger partial charge is 0.367 e. The first-order valence-corrected chi connectivity index (χ1v) is 8.83. The van der Waals surface area contributed by atoms with Crippen LogP contribution in [0, 0.1) is 0 Å². The zero-order valence-corrected chi connectivity index (χ0v) is 14.5. The number of hydrogen-bond acceptors (Lipinski definition) is 4. The number of aryl methyl sites for hydroxylation is 1. The summed E-state index contributed by atoms with van der Waals surface area (Å²) in [4.78, 5) is 2.43. The maximum Gasteiger partial charge on any atom is 0.0752 e. The normalized spacial score (nSPS) is 17.8. The lowest BCUT2D eigenvalue weighted by atomic mass is 10.0. The van der Waals surface area contributed by atoms with Crippen LogP contribution in [0.5, 0.6) is 0 Å². The average molecular weight is 336 g/mol. The standard InChI is InChI=1S/C19H24N6/c1-24-14-18(12-22-24)25-9-3-6-17(13-25)20-11-15-4-2-5-16(10-15)19-7-8-21-23-19/h2,4-5,7-8,10,12,14,17,20H,3,6,9,11,13H2,1H3,(H,21,23). The molecular weight excluding hydrogens is 312 g/mol. The third-order valence-electron chi connectivity index (χ3n) is 4.81.